The molecule has 0 radical (unpaired) electrons. The van der Waals surface area contributed by atoms with Gasteiger partial charge in [-0.15, -0.1) is 0 Å². The van der Waals surface area contributed by atoms with Crippen molar-refractivity contribution in [3.8, 4) is 0 Å². The van der Waals surface area contributed by atoms with Crippen LogP contribution in [0.5, 0.6) is 0 Å². The number of aryl methyl sites for hydroxylation is 2. The maximum absolute atomic E-state index is 13.1. The Kier molecular flexibility index (Phi) is 5.09. The van der Waals surface area contributed by atoms with Crippen LogP contribution in [0.2, 0.25) is 0 Å². The molecule has 3 heterocycles. The second-order valence-corrected chi connectivity index (χ2v) is 7.99. The molecule has 2 amide bonds. The molecule has 29 heavy (non-hydrogen) atoms. The maximum atomic E-state index is 13.1. The van der Waals surface area contributed by atoms with Crippen LogP contribution in [0.3, 0.4) is 0 Å². The predicted molar refractivity (Wildman–Crippen MR) is 113 cm³/mol. The topological polar surface area (TPSA) is 66.7 Å². The second-order valence-electron chi connectivity index (χ2n) is 7.99. The van der Waals surface area contributed by atoms with Gasteiger partial charge in [-0.25, -0.2) is 4.98 Å². The van der Waals surface area contributed by atoms with Crippen LogP contribution < -0.4 is 5.32 Å². The molecule has 1 saturated heterocycles. The van der Waals surface area contributed by atoms with E-state index < -0.39 is 0 Å². The van der Waals surface area contributed by atoms with E-state index in [0.29, 0.717) is 17.3 Å². The van der Waals surface area contributed by atoms with E-state index in [1.807, 2.05) is 55.1 Å². The first-order valence-electron chi connectivity index (χ1n) is 10.1. The van der Waals surface area contributed by atoms with Crippen molar-refractivity contribution in [3.63, 3.8) is 0 Å². The van der Waals surface area contributed by atoms with Gasteiger partial charge in [-0.2, -0.15) is 0 Å². The molecular weight excluding hydrogens is 364 g/mol. The highest BCUT2D eigenvalue weighted by molar-refractivity contribution is 6.09. The van der Waals surface area contributed by atoms with Gasteiger partial charge in [0.15, 0.2) is 5.69 Å². The summed E-state index contributed by atoms with van der Waals surface area (Å²) in [5.41, 5.74) is 3.69. The summed E-state index contributed by atoms with van der Waals surface area (Å²) in [6, 6.07) is 11.4. The van der Waals surface area contributed by atoms with Gasteiger partial charge in [-0.05, 0) is 61.9 Å². The Morgan fingerprint density at radius 3 is 2.62 bits per heavy atom. The molecule has 1 aliphatic rings. The molecule has 1 aliphatic heterocycles. The zero-order chi connectivity index (χ0) is 20.5. The van der Waals surface area contributed by atoms with Crippen molar-refractivity contribution in [2.45, 2.75) is 33.6 Å². The molecule has 0 unspecified atom stereocenters. The molecule has 4 rings (SSSR count). The van der Waals surface area contributed by atoms with Crippen LogP contribution in [0.15, 0.2) is 42.6 Å². The van der Waals surface area contributed by atoms with Crippen LogP contribution in [0.25, 0.3) is 5.52 Å². The number of amides is 2. The summed E-state index contributed by atoms with van der Waals surface area (Å²) in [5, 5.41) is 2.96. The average molecular weight is 390 g/mol. The first-order valence-corrected chi connectivity index (χ1v) is 10.1. The molecule has 0 bridgehead atoms. The number of hydrogen-bond donors (Lipinski definition) is 1. The van der Waals surface area contributed by atoms with Gasteiger partial charge in [0.05, 0.1) is 5.52 Å². The van der Waals surface area contributed by atoms with Crippen LogP contribution in [-0.2, 0) is 0 Å². The van der Waals surface area contributed by atoms with Crippen molar-refractivity contribution < 1.29 is 9.59 Å². The zero-order valence-corrected chi connectivity index (χ0v) is 17.1. The number of hydrogen-bond acceptors (Lipinski definition) is 3. The van der Waals surface area contributed by atoms with E-state index in [9.17, 15) is 9.59 Å². The molecule has 1 aromatic carbocycles. The fourth-order valence-electron chi connectivity index (χ4n) is 3.76. The van der Waals surface area contributed by atoms with Gasteiger partial charge in [-0.1, -0.05) is 25.1 Å². The van der Waals surface area contributed by atoms with Crippen molar-refractivity contribution in [1.82, 2.24) is 14.3 Å². The van der Waals surface area contributed by atoms with Gasteiger partial charge in [0.1, 0.15) is 0 Å². The summed E-state index contributed by atoms with van der Waals surface area (Å²) in [6.07, 6.45) is 3.78. The third kappa shape index (κ3) is 3.75. The number of pyridine rings is 1. The number of carbonyl (C=O) groups is 2. The minimum Gasteiger partial charge on any atom is -0.336 e. The number of piperidine rings is 1. The fraction of sp³-hybridized carbons (Fsp3) is 0.348. The van der Waals surface area contributed by atoms with E-state index in [1.54, 1.807) is 10.6 Å². The summed E-state index contributed by atoms with van der Waals surface area (Å²) >= 11 is 0. The summed E-state index contributed by atoms with van der Waals surface area (Å²) in [5.74, 6) is 0.494. The van der Waals surface area contributed by atoms with Gasteiger partial charge in [0, 0.05) is 25.0 Å². The molecule has 6 nitrogen and oxygen atoms in total. The van der Waals surface area contributed by atoms with Crippen LogP contribution in [-0.4, -0.2) is 39.2 Å². The Labute approximate surface area is 170 Å². The largest absolute Gasteiger partial charge is 0.336 e. The van der Waals surface area contributed by atoms with Crippen LogP contribution >= 0.6 is 0 Å². The maximum Gasteiger partial charge on any atom is 0.290 e. The first-order chi connectivity index (χ1) is 13.9. The molecule has 0 atom stereocenters. The standard InChI is InChI=1S/C23H26N4O2/c1-15-9-12-26(13-10-15)23(29)21-25-20(19-6-4-5-11-27(19)21)22(28)24-18-14-16(2)7-8-17(18)3/h4-8,11,14-15H,9-10,12-13H2,1-3H3,(H,24,28). The lowest BCUT2D eigenvalue weighted by Crippen LogP contribution is -2.38. The molecular formula is C23H26N4O2. The molecule has 0 spiro atoms. The number of nitrogens with zero attached hydrogens (tertiary/aromatic N) is 3. The number of benzene rings is 1. The average Bonchev–Trinajstić information content (AvgIpc) is 3.10. The summed E-state index contributed by atoms with van der Waals surface area (Å²) in [4.78, 5) is 32.5. The molecule has 0 aliphatic carbocycles. The molecule has 150 valence electrons. The van der Waals surface area contributed by atoms with Crippen LogP contribution in [0.1, 0.15) is 52.0 Å². The summed E-state index contributed by atoms with van der Waals surface area (Å²) in [7, 11) is 0. The lowest BCUT2D eigenvalue weighted by Gasteiger charge is -2.29. The number of likely N-dealkylation sites (tertiary alicyclic amines) is 1. The fourth-order valence-corrected chi connectivity index (χ4v) is 3.76. The number of nitrogens with one attached hydrogen (secondary N) is 1. The van der Waals surface area contributed by atoms with Gasteiger partial charge in [0.25, 0.3) is 11.8 Å². The van der Waals surface area contributed by atoms with E-state index in [1.165, 1.54) is 0 Å². The highest BCUT2D eigenvalue weighted by Crippen LogP contribution is 2.22. The predicted octanol–water partition coefficient (Wildman–Crippen LogP) is 4.08. The van der Waals surface area contributed by atoms with Gasteiger partial charge in [-0.3, -0.25) is 14.0 Å². The minimum absolute atomic E-state index is 0.121. The Morgan fingerprint density at radius 1 is 1.10 bits per heavy atom. The number of imidazole rings is 1. The first kappa shape index (κ1) is 19.2. The van der Waals surface area contributed by atoms with Crippen molar-refractivity contribution in [3.05, 3.63) is 65.2 Å². The smallest absolute Gasteiger partial charge is 0.290 e. The van der Waals surface area contributed by atoms with Crippen molar-refractivity contribution in [2.75, 3.05) is 18.4 Å². The van der Waals surface area contributed by atoms with Crippen molar-refractivity contribution >= 4 is 23.0 Å². The Hall–Kier alpha value is -3.15. The lowest BCUT2D eigenvalue weighted by molar-refractivity contribution is 0.0684. The molecule has 1 fully saturated rings. The molecule has 3 aromatic rings. The summed E-state index contributed by atoms with van der Waals surface area (Å²) in [6.45, 7) is 7.60. The van der Waals surface area contributed by atoms with E-state index in [4.69, 9.17) is 0 Å². The Balaban J connectivity index is 1.68. The molecule has 6 heteroatoms. The third-order valence-electron chi connectivity index (χ3n) is 5.67. The van der Waals surface area contributed by atoms with Crippen molar-refractivity contribution in [2.24, 2.45) is 5.92 Å². The molecule has 0 saturated carbocycles. The highest BCUT2D eigenvalue weighted by Gasteiger charge is 2.27. The van der Waals surface area contributed by atoms with Crippen molar-refractivity contribution in [1.29, 1.82) is 0 Å². The Bertz CT molecular complexity index is 1080. The van der Waals surface area contributed by atoms with Gasteiger partial charge >= 0.3 is 0 Å². The molecule has 1 N–H and O–H groups in total. The second kappa shape index (κ2) is 7.70. The summed E-state index contributed by atoms with van der Waals surface area (Å²) < 4.78 is 1.72. The lowest BCUT2D eigenvalue weighted by atomic mass is 9.99. The third-order valence-corrected chi connectivity index (χ3v) is 5.67. The van der Waals surface area contributed by atoms with E-state index >= 15 is 0 Å². The minimum atomic E-state index is -0.311. The van der Waals surface area contributed by atoms with Gasteiger partial charge < -0.3 is 10.2 Å². The monoisotopic (exact) mass is 390 g/mol. The quantitative estimate of drug-likeness (QED) is 0.733. The SMILES string of the molecule is Cc1ccc(C)c(NC(=O)c2nc(C(=O)N3CCC(C)CC3)n3ccccc23)c1. The Morgan fingerprint density at radius 2 is 1.86 bits per heavy atom. The normalized spacial score (nSPS) is 14.9. The highest BCUT2D eigenvalue weighted by atomic mass is 16.2. The number of aromatic nitrogens is 2. The van der Waals surface area contributed by atoms with E-state index in [2.05, 4.69) is 17.2 Å². The van der Waals surface area contributed by atoms with E-state index in [-0.39, 0.29) is 17.5 Å². The number of carbonyl (C=O) groups excluding carboxylic acids is 2. The number of anilines is 1. The molecule has 2 aromatic heterocycles. The van der Waals surface area contributed by atoms with Crippen LogP contribution in [0.4, 0.5) is 5.69 Å². The van der Waals surface area contributed by atoms with E-state index in [0.717, 1.165) is 42.7 Å². The van der Waals surface area contributed by atoms with Crippen LogP contribution in [0, 0.1) is 19.8 Å². The number of fused-ring (bicyclic) bond motifs is 1. The van der Waals surface area contributed by atoms with Gasteiger partial charge in [0.2, 0.25) is 5.82 Å². The zero-order valence-electron chi connectivity index (χ0n) is 17.1. The number of rotatable bonds is 3.